The fourth-order valence-corrected chi connectivity index (χ4v) is 2.13. The highest BCUT2D eigenvalue weighted by Gasteiger charge is 2.23. The molecule has 1 aromatic carbocycles. The van der Waals surface area contributed by atoms with Crippen molar-refractivity contribution in [2.45, 2.75) is 12.8 Å². The number of Topliss-reactive ketones (excluding diaryl/α,β-unsaturated/α-hetero) is 1. The van der Waals surface area contributed by atoms with Gasteiger partial charge in [-0.15, -0.1) is 0 Å². The molecule has 14 heavy (non-hydrogen) atoms. The van der Waals surface area contributed by atoms with E-state index >= 15 is 0 Å². The van der Waals surface area contributed by atoms with Crippen LogP contribution in [-0.2, 0) is 6.42 Å². The summed E-state index contributed by atoms with van der Waals surface area (Å²) in [6, 6.07) is 5.71. The lowest BCUT2D eigenvalue weighted by molar-refractivity contribution is 0.0991. The van der Waals surface area contributed by atoms with Crippen molar-refractivity contribution in [1.29, 1.82) is 0 Å². The number of anilines is 1. The predicted molar refractivity (Wildman–Crippen MR) is 55.4 cm³/mol. The third-order valence-corrected chi connectivity index (χ3v) is 2.81. The molecule has 0 amide bonds. The van der Waals surface area contributed by atoms with Crippen LogP contribution in [0.1, 0.15) is 22.5 Å². The first kappa shape index (κ1) is 7.62. The van der Waals surface area contributed by atoms with E-state index in [1.54, 1.807) is 0 Å². The molecular weight excluding hydrogens is 176 g/mol. The number of nitrogens with one attached hydrogen (secondary N) is 1. The van der Waals surface area contributed by atoms with E-state index in [-0.39, 0.29) is 5.78 Å². The van der Waals surface area contributed by atoms with Crippen LogP contribution in [0.4, 0.5) is 5.69 Å². The van der Waals surface area contributed by atoms with Crippen LogP contribution in [0, 0.1) is 0 Å². The molecule has 2 aromatic rings. The highest BCUT2D eigenvalue weighted by Crippen LogP contribution is 2.30. The summed E-state index contributed by atoms with van der Waals surface area (Å²) in [4.78, 5) is 14.6. The highest BCUT2D eigenvalue weighted by molar-refractivity contribution is 6.05. The highest BCUT2D eigenvalue weighted by atomic mass is 16.1. The van der Waals surface area contributed by atoms with Crippen LogP contribution in [-0.4, -0.2) is 10.8 Å². The minimum Gasteiger partial charge on any atom is -0.399 e. The van der Waals surface area contributed by atoms with Crippen LogP contribution < -0.4 is 5.73 Å². The molecule has 0 bridgehead atoms. The monoisotopic (exact) mass is 186 g/mol. The van der Waals surface area contributed by atoms with E-state index in [9.17, 15) is 4.79 Å². The lowest BCUT2D eigenvalue weighted by Gasteiger charge is -1.95. The molecule has 3 nitrogen and oxygen atoms in total. The quantitative estimate of drug-likeness (QED) is 0.617. The van der Waals surface area contributed by atoms with E-state index in [4.69, 9.17) is 5.73 Å². The SMILES string of the molecule is Nc1ccc2[nH]c3c(c2c1)CCC3=O. The van der Waals surface area contributed by atoms with E-state index < -0.39 is 0 Å². The van der Waals surface area contributed by atoms with Crippen LogP contribution in [0.3, 0.4) is 0 Å². The molecule has 0 aliphatic heterocycles. The maximum Gasteiger partial charge on any atom is 0.179 e. The normalized spacial score (nSPS) is 15.0. The van der Waals surface area contributed by atoms with Crippen molar-refractivity contribution in [3.05, 3.63) is 29.5 Å². The van der Waals surface area contributed by atoms with Crippen molar-refractivity contribution < 1.29 is 4.79 Å². The Morgan fingerprint density at radius 3 is 3.00 bits per heavy atom. The number of nitrogens with two attached hydrogens (primary N) is 1. The third kappa shape index (κ3) is 0.839. The molecule has 0 unspecified atom stereocenters. The van der Waals surface area contributed by atoms with Gasteiger partial charge in [-0.25, -0.2) is 0 Å². The number of ketones is 1. The van der Waals surface area contributed by atoms with Gasteiger partial charge in [-0.3, -0.25) is 4.79 Å². The molecule has 3 N–H and O–H groups in total. The second kappa shape index (κ2) is 2.38. The zero-order valence-corrected chi connectivity index (χ0v) is 7.63. The van der Waals surface area contributed by atoms with Crippen molar-refractivity contribution in [2.75, 3.05) is 5.73 Å². The number of carbonyl (C=O) groups is 1. The van der Waals surface area contributed by atoms with Gasteiger partial charge in [0.1, 0.15) is 0 Å². The van der Waals surface area contributed by atoms with E-state index in [1.807, 2.05) is 18.2 Å². The predicted octanol–water partition coefficient (Wildman–Crippen LogP) is 1.88. The van der Waals surface area contributed by atoms with Gasteiger partial charge in [0, 0.05) is 23.0 Å². The first-order valence-corrected chi connectivity index (χ1v) is 4.69. The Kier molecular flexibility index (Phi) is 1.29. The number of hydrogen-bond acceptors (Lipinski definition) is 2. The van der Waals surface area contributed by atoms with E-state index in [1.165, 1.54) is 0 Å². The summed E-state index contributed by atoms with van der Waals surface area (Å²) in [7, 11) is 0. The maximum absolute atomic E-state index is 11.5. The molecule has 0 atom stereocenters. The van der Waals surface area contributed by atoms with Crippen LogP contribution in [0.15, 0.2) is 18.2 Å². The molecule has 0 spiro atoms. The zero-order valence-electron chi connectivity index (χ0n) is 7.63. The number of aromatic amines is 1. The lowest BCUT2D eigenvalue weighted by Crippen LogP contribution is -1.90. The van der Waals surface area contributed by atoms with Gasteiger partial charge in [0.15, 0.2) is 5.78 Å². The molecule has 1 aliphatic rings. The molecule has 1 aliphatic carbocycles. The van der Waals surface area contributed by atoms with Gasteiger partial charge in [0.2, 0.25) is 0 Å². The second-order valence-corrected chi connectivity index (χ2v) is 3.71. The van der Waals surface area contributed by atoms with E-state index in [2.05, 4.69) is 4.98 Å². The topological polar surface area (TPSA) is 58.9 Å². The van der Waals surface area contributed by atoms with Gasteiger partial charge in [-0.1, -0.05) is 0 Å². The minimum atomic E-state index is 0.217. The number of aromatic nitrogens is 1. The molecular formula is C11H10N2O. The van der Waals surface area contributed by atoms with Crippen molar-refractivity contribution >= 4 is 22.4 Å². The van der Waals surface area contributed by atoms with Gasteiger partial charge >= 0.3 is 0 Å². The third-order valence-electron chi connectivity index (χ3n) is 2.81. The molecule has 3 heteroatoms. The number of rotatable bonds is 0. The molecule has 0 saturated heterocycles. The molecule has 70 valence electrons. The minimum absolute atomic E-state index is 0.217. The van der Waals surface area contributed by atoms with Gasteiger partial charge in [0.25, 0.3) is 0 Å². The Balaban J connectivity index is 2.41. The van der Waals surface area contributed by atoms with E-state index in [0.717, 1.165) is 34.3 Å². The fraction of sp³-hybridized carbons (Fsp3) is 0.182. The Morgan fingerprint density at radius 2 is 2.14 bits per heavy atom. The summed E-state index contributed by atoms with van der Waals surface area (Å²) in [6.45, 7) is 0. The molecule has 1 aromatic heterocycles. The molecule has 1 heterocycles. The second-order valence-electron chi connectivity index (χ2n) is 3.71. The van der Waals surface area contributed by atoms with E-state index in [0.29, 0.717) is 6.42 Å². The number of nitrogen functional groups attached to an aromatic ring is 1. The number of benzene rings is 1. The summed E-state index contributed by atoms with van der Waals surface area (Å²) in [6.07, 6.45) is 1.48. The number of aryl methyl sites for hydroxylation is 1. The van der Waals surface area contributed by atoms with Gasteiger partial charge < -0.3 is 10.7 Å². The zero-order chi connectivity index (χ0) is 9.71. The van der Waals surface area contributed by atoms with Crippen molar-refractivity contribution in [1.82, 2.24) is 4.98 Å². The number of hydrogen-bond donors (Lipinski definition) is 2. The molecule has 0 fully saturated rings. The van der Waals surface area contributed by atoms with Gasteiger partial charge in [-0.2, -0.15) is 0 Å². The van der Waals surface area contributed by atoms with Crippen LogP contribution >= 0.6 is 0 Å². The Labute approximate surface area is 80.9 Å². The lowest BCUT2D eigenvalue weighted by atomic mass is 10.1. The van der Waals surface area contributed by atoms with Crippen LogP contribution in [0.5, 0.6) is 0 Å². The Hall–Kier alpha value is -1.77. The Morgan fingerprint density at radius 1 is 1.29 bits per heavy atom. The summed E-state index contributed by atoms with van der Waals surface area (Å²) in [5, 5.41) is 1.10. The first-order valence-electron chi connectivity index (χ1n) is 4.69. The van der Waals surface area contributed by atoms with Crippen molar-refractivity contribution in [3.63, 3.8) is 0 Å². The fourth-order valence-electron chi connectivity index (χ4n) is 2.13. The summed E-state index contributed by atoms with van der Waals surface area (Å²) < 4.78 is 0. The summed E-state index contributed by atoms with van der Waals surface area (Å²) >= 11 is 0. The summed E-state index contributed by atoms with van der Waals surface area (Å²) in [5.41, 5.74) is 9.39. The average molecular weight is 186 g/mol. The van der Waals surface area contributed by atoms with Gasteiger partial charge in [0.05, 0.1) is 5.69 Å². The van der Waals surface area contributed by atoms with Crippen molar-refractivity contribution in [3.8, 4) is 0 Å². The van der Waals surface area contributed by atoms with Crippen LogP contribution in [0.2, 0.25) is 0 Å². The standard InChI is InChI=1S/C11H10N2O/c12-6-1-3-9-8(5-6)7-2-4-10(14)11(7)13-9/h1,3,5,13H,2,4,12H2. The number of carbonyl (C=O) groups excluding carboxylic acids is 1. The molecule has 0 saturated carbocycles. The van der Waals surface area contributed by atoms with Crippen molar-refractivity contribution in [2.24, 2.45) is 0 Å². The first-order chi connectivity index (χ1) is 6.75. The smallest absolute Gasteiger partial charge is 0.179 e. The average Bonchev–Trinajstić information content (AvgIpc) is 2.67. The Bertz CT molecular complexity index is 539. The summed E-state index contributed by atoms with van der Waals surface area (Å²) in [5.74, 6) is 0.217. The van der Waals surface area contributed by atoms with Crippen LogP contribution in [0.25, 0.3) is 10.9 Å². The maximum atomic E-state index is 11.5. The molecule has 0 radical (unpaired) electrons. The number of H-pyrrole nitrogens is 1. The largest absolute Gasteiger partial charge is 0.399 e. The molecule has 3 rings (SSSR count). The van der Waals surface area contributed by atoms with Gasteiger partial charge in [-0.05, 0) is 30.2 Å². The number of fused-ring (bicyclic) bond motifs is 3.